The number of nitrogens with one attached hydrogen (secondary N) is 2. The first-order valence-corrected chi connectivity index (χ1v) is 7.68. The molecule has 0 aromatic heterocycles. The summed E-state index contributed by atoms with van der Waals surface area (Å²) in [7, 11) is 0. The van der Waals surface area contributed by atoms with Crippen molar-refractivity contribution < 1.29 is 14.7 Å². The molecule has 3 N–H and O–H groups in total. The molecular formula is C12H24N2O3S. The maximum absolute atomic E-state index is 11.5. The third kappa shape index (κ3) is 7.42. The zero-order valence-electron chi connectivity index (χ0n) is 11.4. The molecule has 2 amide bonds. The highest BCUT2D eigenvalue weighted by Crippen LogP contribution is 2.07. The van der Waals surface area contributed by atoms with E-state index in [0.29, 0.717) is 13.0 Å². The molecule has 0 aliphatic rings. The normalized spacial score (nSPS) is 13.7. The highest BCUT2D eigenvalue weighted by molar-refractivity contribution is 7.98. The number of carboxylic acid groups (broad SMARTS) is 1. The number of hydrogen-bond donors (Lipinski definition) is 3. The van der Waals surface area contributed by atoms with Crippen LogP contribution in [0.4, 0.5) is 4.79 Å². The van der Waals surface area contributed by atoms with E-state index in [9.17, 15) is 9.59 Å². The van der Waals surface area contributed by atoms with Gasteiger partial charge in [-0.2, -0.15) is 11.8 Å². The second-order valence-electron chi connectivity index (χ2n) is 4.30. The van der Waals surface area contributed by atoms with E-state index < -0.39 is 18.0 Å². The van der Waals surface area contributed by atoms with Gasteiger partial charge in [0.25, 0.3) is 0 Å². The summed E-state index contributed by atoms with van der Waals surface area (Å²) < 4.78 is 0. The second-order valence-corrected chi connectivity index (χ2v) is 5.29. The Morgan fingerprint density at radius 2 is 2.00 bits per heavy atom. The maximum Gasteiger partial charge on any atom is 0.326 e. The lowest BCUT2D eigenvalue weighted by Crippen LogP contribution is -2.49. The van der Waals surface area contributed by atoms with Crippen molar-refractivity contribution in [2.75, 3.05) is 18.6 Å². The third-order valence-electron chi connectivity index (χ3n) is 2.83. The molecule has 18 heavy (non-hydrogen) atoms. The van der Waals surface area contributed by atoms with Crippen LogP contribution in [0.3, 0.4) is 0 Å². The fourth-order valence-corrected chi connectivity index (χ4v) is 1.94. The molecule has 2 unspecified atom stereocenters. The number of carbonyl (C=O) groups excluding carboxylic acids is 1. The zero-order valence-corrected chi connectivity index (χ0v) is 12.2. The summed E-state index contributed by atoms with van der Waals surface area (Å²) in [6.07, 6.45) is 4.72. The Labute approximate surface area is 113 Å². The standard InChI is InChI=1S/C12H24N2O3S/c1-4-9(2)10(11(15)16)14-12(17)13-7-5-6-8-18-3/h9-10H,4-8H2,1-3H3,(H,15,16)(H2,13,14,17). The quantitative estimate of drug-likeness (QED) is 0.562. The molecule has 6 heteroatoms. The molecule has 0 radical (unpaired) electrons. The highest BCUT2D eigenvalue weighted by atomic mass is 32.2. The molecule has 0 aromatic rings. The number of unbranched alkanes of at least 4 members (excludes halogenated alkanes) is 1. The smallest absolute Gasteiger partial charge is 0.326 e. The largest absolute Gasteiger partial charge is 0.480 e. The fraction of sp³-hybridized carbons (Fsp3) is 0.833. The molecule has 0 saturated carbocycles. The number of rotatable bonds is 9. The Balaban J connectivity index is 3.92. The Kier molecular flexibility index (Phi) is 9.55. The van der Waals surface area contributed by atoms with Crippen molar-refractivity contribution in [1.82, 2.24) is 10.6 Å². The van der Waals surface area contributed by atoms with E-state index in [0.717, 1.165) is 18.6 Å². The minimum atomic E-state index is -0.984. The van der Waals surface area contributed by atoms with E-state index in [1.54, 1.807) is 11.8 Å². The van der Waals surface area contributed by atoms with Gasteiger partial charge < -0.3 is 15.7 Å². The second kappa shape index (κ2) is 10.1. The van der Waals surface area contributed by atoms with Gasteiger partial charge in [-0.25, -0.2) is 9.59 Å². The van der Waals surface area contributed by atoms with Crippen molar-refractivity contribution in [3.8, 4) is 0 Å². The number of carboxylic acids is 1. The van der Waals surface area contributed by atoms with Gasteiger partial charge in [-0.15, -0.1) is 0 Å². The Hall–Kier alpha value is -0.910. The van der Waals surface area contributed by atoms with Gasteiger partial charge in [0.15, 0.2) is 0 Å². The summed E-state index contributed by atoms with van der Waals surface area (Å²) in [4.78, 5) is 22.5. The maximum atomic E-state index is 11.5. The molecule has 0 saturated heterocycles. The molecule has 0 aliphatic heterocycles. The van der Waals surface area contributed by atoms with Gasteiger partial charge >= 0.3 is 12.0 Å². The summed E-state index contributed by atoms with van der Waals surface area (Å²) in [5.74, 6) is 0.0140. The van der Waals surface area contributed by atoms with E-state index in [2.05, 4.69) is 10.6 Å². The third-order valence-corrected chi connectivity index (χ3v) is 3.52. The predicted octanol–water partition coefficient (Wildman–Crippen LogP) is 1.93. The Bertz CT molecular complexity index is 262. The van der Waals surface area contributed by atoms with Crippen molar-refractivity contribution in [3.05, 3.63) is 0 Å². The Morgan fingerprint density at radius 1 is 1.33 bits per heavy atom. The van der Waals surface area contributed by atoms with Crippen molar-refractivity contribution in [3.63, 3.8) is 0 Å². The predicted molar refractivity (Wildman–Crippen MR) is 75.0 cm³/mol. The van der Waals surface area contributed by atoms with E-state index in [1.807, 2.05) is 20.1 Å². The van der Waals surface area contributed by atoms with Crippen LogP contribution in [0.25, 0.3) is 0 Å². The van der Waals surface area contributed by atoms with Crippen LogP contribution < -0.4 is 10.6 Å². The lowest BCUT2D eigenvalue weighted by atomic mass is 9.99. The minimum Gasteiger partial charge on any atom is -0.480 e. The van der Waals surface area contributed by atoms with E-state index in [1.165, 1.54) is 0 Å². The van der Waals surface area contributed by atoms with Crippen LogP contribution in [0.2, 0.25) is 0 Å². The van der Waals surface area contributed by atoms with E-state index in [-0.39, 0.29) is 5.92 Å². The van der Waals surface area contributed by atoms with E-state index in [4.69, 9.17) is 5.11 Å². The summed E-state index contributed by atoms with van der Waals surface area (Å²) in [5.41, 5.74) is 0. The van der Waals surface area contributed by atoms with Crippen molar-refractivity contribution in [2.45, 2.75) is 39.2 Å². The van der Waals surface area contributed by atoms with Crippen molar-refractivity contribution in [1.29, 1.82) is 0 Å². The number of urea groups is 1. The van der Waals surface area contributed by atoms with Crippen LogP contribution >= 0.6 is 11.8 Å². The molecule has 0 bridgehead atoms. The summed E-state index contributed by atoms with van der Waals surface area (Å²) in [6, 6.07) is -1.21. The van der Waals surface area contributed by atoms with Gasteiger partial charge in [0.05, 0.1) is 0 Å². The number of amides is 2. The van der Waals surface area contributed by atoms with Gasteiger partial charge in [-0.05, 0) is 30.8 Å². The van der Waals surface area contributed by atoms with Crippen LogP contribution in [0, 0.1) is 5.92 Å². The highest BCUT2D eigenvalue weighted by Gasteiger charge is 2.24. The number of thioether (sulfide) groups is 1. The first-order chi connectivity index (χ1) is 8.52. The first kappa shape index (κ1) is 17.1. The van der Waals surface area contributed by atoms with Gasteiger partial charge in [-0.1, -0.05) is 20.3 Å². The number of hydrogen-bond acceptors (Lipinski definition) is 3. The van der Waals surface area contributed by atoms with Crippen molar-refractivity contribution >= 4 is 23.8 Å². The molecule has 106 valence electrons. The molecular weight excluding hydrogens is 252 g/mol. The van der Waals surface area contributed by atoms with Gasteiger partial charge in [0, 0.05) is 6.54 Å². The van der Waals surface area contributed by atoms with Crippen LogP contribution in [0.15, 0.2) is 0 Å². The lowest BCUT2D eigenvalue weighted by molar-refractivity contribution is -0.140. The van der Waals surface area contributed by atoms with Crippen LogP contribution in [0.1, 0.15) is 33.1 Å². The Morgan fingerprint density at radius 3 is 2.50 bits per heavy atom. The molecule has 5 nitrogen and oxygen atoms in total. The summed E-state index contributed by atoms with van der Waals surface area (Å²) in [5, 5.41) is 14.2. The average Bonchev–Trinajstić information content (AvgIpc) is 2.34. The molecule has 0 spiro atoms. The van der Waals surface area contributed by atoms with Crippen LogP contribution in [-0.4, -0.2) is 41.7 Å². The molecule has 0 heterocycles. The van der Waals surface area contributed by atoms with Gasteiger partial charge in [0.1, 0.15) is 6.04 Å². The number of carbonyl (C=O) groups is 2. The van der Waals surface area contributed by atoms with Crippen LogP contribution in [0.5, 0.6) is 0 Å². The van der Waals surface area contributed by atoms with Gasteiger partial charge in [-0.3, -0.25) is 0 Å². The first-order valence-electron chi connectivity index (χ1n) is 6.29. The van der Waals surface area contributed by atoms with E-state index >= 15 is 0 Å². The van der Waals surface area contributed by atoms with Crippen LogP contribution in [-0.2, 0) is 4.79 Å². The molecule has 0 aliphatic carbocycles. The molecule has 0 aromatic carbocycles. The molecule has 2 atom stereocenters. The molecule has 0 rings (SSSR count). The van der Waals surface area contributed by atoms with Gasteiger partial charge in [0.2, 0.25) is 0 Å². The SMILES string of the molecule is CCC(C)C(NC(=O)NCCCCSC)C(=O)O. The summed E-state index contributed by atoms with van der Waals surface area (Å²) in [6.45, 7) is 4.30. The monoisotopic (exact) mass is 276 g/mol. The van der Waals surface area contributed by atoms with Crippen molar-refractivity contribution in [2.24, 2.45) is 5.92 Å². The minimum absolute atomic E-state index is 0.0789. The fourth-order valence-electron chi connectivity index (χ4n) is 1.45. The molecule has 0 fully saturated rings. The lowest BCUT2D eigenvalue weighted by Gasteiger charge is -2.20. The average molecular weight is 276 g/mol. The zero-order chi connectivity index (χ0) is 14.0. The summed E-state index contributed by atoms with van der Waals surface area (Å²) >= 11 is 1.78. The topological polar surface area (TPSA) is 78.4 Å². The number of aliphatic carboxylic acids is 1.